The molecular weight excluding hydrogens is 256 g/mol. The van der Waals surface area contributed by atoms with Crippen LogP contribution in [0.4, 0.5) is 8.78 Å². The fraction of sp³-hybridized carbons (Fsp3) is 1.00. The Bertz CT molecular complexity index is 188. The van der Waals surface area contributed by atoms with Gasteiger partial charge in [0.05, 0.1) is 0 Å². The van der Waals surface area contributed by atoms with Gasteiger partial charge < -0.3 is 10.4 Å². The average molecular weight is 272 g/mol. The maximum absolute atomic E-state index is 12.9. The third-order valence-corrected chi connectivity index (χ3v) is 3.52. The zero-order valence-corrected chi connectivity index (χ0v) is 9.78. The molecule has 0 amide bonds. The lowest BCUT2D eigenvalue weighted by molar-refractivity contribution is -0.113. The summed E-state index contributed by atoms with van der Waals surface area (Å²) in [6.07, 6.45) is 3.06. The van der Waals surface area contributed by atoms with Gasteiger partial charge in [-0.15, -0.1) is 0 Å². The van der Waals surface area contributed by atoms with Crippen LogP contribution in [0.5, 0.6) is 0 Å². The van der Waals surface area contributed by atoms with Gasteiger partial charge in [-0.25, -0.2) is 0 Å². The van der Waals surface area contributed by atoms with E-state index in [-0.39, 0.29) is 12.5 Å². The number of halogens is 3. The molecule has 1 rings (SSSR count). The van der Waals surface area contributed by atoms with Crippen molar-refractivity contribution in [1.82, 2.24) is 5.32 Å². The molecule has 84 valence electrons. The van der Waals surface area contributed by atoms with Gasteiger partial charge in [0, 0.05) is 6.04 Å². The molecule has 0 aromatic rings. The molecular formula is C9H16BrF2NO. The van der Waals surface area contributed by atoms with Crippen molar-refractivity contribution in [2.45, 2.75) is 49.1 Å². The Kier molecular flexibility index (Phi) is 3.88. The highest BCUT2D eigenvalue weighted by atomic mass is 79.9. The minimum atomic E-state index is -3.22. The Morgan fingerprint density at radius 2 is 2.14 bits per heavy atom. The van der Waals surface area contributed by atoms with Crippen molar-refractivity contribution in [2.75, 3.05) is 6.54 Å². The summed E-state index contributed by atoms with van der Waals surface area (Å²) in [5, 5.41) is 12.7. The van der Waals surface area contributed by atoms with Crippen LogP contribution in [-0.2, 0) is 0 Å². The number of nitrogens with one attached hydrogen (secondary N) is 1. The molecule has 1 saturated heterocycles. The maximum Gasteiger partial charge on any atom is 0.329 e. The predicted octanol–water partition coefficient (Wildman–Crippen LogP) is 2.26. The number of rotatable bonds is 3. The quantitative estimate of drug-likeness (QED) is 0.772. The van der Waals surface area contributed by atoms with Crippen LogP contribution in [0.3, 0.4) is 0 Å². The molecule has 2 atom stereocenters. The summed E-state index contributed by atoms with van der Waals surface area (Å²) in [7, 11) is 0. The second-order valence-corrected chi connectivity index (χ2v) is 5.12. The van der Waals surface area contributed by atoms with Crippen molar-refractivity contribution in [3.63, 3.8) is 0 Å². The first-order chi connectivity index (χ1) is 6.33. The van der Waals surface area contributed by atoms with Crippen LogP contribution < -0.4 is 5.32 Å². The molecule has 0 saturated carbocycles. The zero-order valence-electron chi connectivity index (χ0n) is 8.19. The summed E-state index contributed by atoms with van der Waals surface area (Å²) in [5.74, 6) is 0. The van der Waals surface area contributed by atoms with Crippen molar-refractivity contribution in [3.05, 3.63) is 0 Å². The van der Waals surface area contributed by atoms with Crippen molar-refractivity contribution in [3.8, 4) is 0 Å². The van der Waals surface area contributed by atoms with Crippen LogP contribution in [0.1, 0.15) is 32.6 Å². The molecule has 0 radical (unpaired) electrons. The van der Waals surface area contributed by atoms with E-state index in [1.165, 1.54) is 0 Å². The normalized spacial score (nSPS) is 28.5. The lowest BCUT2D eigenvalue weighted by Crippen LogP contribution is -2.48. The number of piperidine rings is 1. The molecule has 0 aromatic carbocycles. The van der Waals surface area contributed by atoms with Gasteiger partial charge in [-0.3, -0.25) is 0 Å². The van der Waals surface area contributed by atoms with Gasteiger partial charge in [0.15, 0.2) is 0 Å². The van der Waals surface area contributed by atoms with E-state index in [9.17, 15) is 13.9 Å². The van der Waals surface area contributed by atoms with E-state index in [1.54, 1.807) is 0 Å². The van der Waals surface area contributed by atoms with E-state index in [4.69, 9.17) is 0 Å². The Hall–Kier alpha value is 0.260. The fourth-order valence-corrected chi connectivity index (χ4v) is 1.86. The largest absolute Gasteiger partial charge is 0.383 e. The smallest absolute Gasteiger partial charge is 0.329 e. The van der Waals surface area contributed by atoms with Crippen molar-refractivity contribution in [2.24, 2.45) is 0 Å². The first kappa shape index (κ1) is 12.3. The molecule has 0 aromatic heterocycles. The van der Waals surface area contributed by atoms with Gasteiger partial charge in [-0.05, 0) is 48.7 Å². The number of hydrogen-bond acceptors (Lipinski definition) is 2. The van der Waals surface area contributed by atoms with E-state index < -0.39 is 10.4 Å². The van der Waals surface area contributed by atoms with Crippen LogP contribution in [0.25, 0.3) is 0 Å². The second-order valence-electron chi connectivity index (χ2n) is 4.12. The van der Waals surface area contributed by atoms with E-state index in [1.807, 2.05) is 0 Å². The molecule has 0 bridgehead atoms. The van der Waals surface area contributed by atoms with Crippen molar-refractivity contribution in [1.29, 1.82) is 0 Å². The molecule has 2 unspecified atom stereocenters. The Labute approximate surface area is 91.2 Å². The number of alkyl halides is 3. The minimum absolute atomic E-state index is 0.00201. The third-order valence-electron chi connectivity index (χ3n) is 2.67. The van der Waals surface area contributed by atoms with E-state index in [0.29, 0.717) is 0 Å². The molecule has 5 heteroatoms. The van der Waals surface area contributed by atoms with Crippen molar-refractivity contribution >= 4 is 15.9 Å². The van der Waals surface area contributed by atoms with Crippen LogP contribution in [0.15, 0.2) is 0 Å². The van der Waals surface area contributed by atoms with Gasteiger partial charge in [-0.2, -0.15) is 8.78 Å². The predicted molar refractivity (Wildman–Crippen MR) is 54.8 cm³/mol. The molecule has 0 aliphatic carbocycles. The molecule has 1 aliphatic rings. The highest BCUT2D eigenvalue weighted by molar-refractivity contribution is 9.10. The average Bonchev–Trinajstić information content (AvgIpc) is 2.03. The topological polar surface area (TPSA) is 32.3 Å². The molecule has 1 aliphatic heterocycles. The fourth-order valence-electron chi connectivity index (χ4n) is 1.69. The summed E-state index contributed by atoms with van der Waals surface area (Å²) >= 11 is 2.22. The SMILES string of the molecule is CC(O)(CC1CCCCN1)C(F)(F)Br. The molecule has 0 spiro atoms. The first-order valence-corrected chi connectivity index (χ1v) is 5.65. The van der Waals surface area contributed by atoms with Gasteiger partial charge >= 0.3 is 4.83 Å². The highest BCUT2D eigenvalue weighted by Gasteiger charge is 2.47. The zero-order chi connectivity index (χ0) is 10.8. The van der Waals surface area contributed by atoms with Gasteiger partial charge in [0.1, 0.15) is 5.60 Å². The number of hydrogen-bond donors (Lipinski definition) is 2. The molecule has 1 heterocycles. The summed E-state index contributed by atoms with van der Waals surface area (Å²) < 4.78 is 25.8. The van der Waals surface area contributed by atoms with Crippen LogP contribution in [0.2, 0.25) is 0 Å². The van der Waals surface area contributed by atoms with E-state index in [0.717, 1.165) is 32.7 Å². The van der Waals surface area contributed by atoms with Crippen LogP contribution in [-0.4, -0.2) is 28.1 Å². The van der Waals surface area contributed by atoms with Crippen LogP contribution in [0, 0.1) is 0 Å². The maximum atomic E-state index is 12.9. The Morgan fingerprint density at radius 3 is 2.57 bits per heavy atom. The Morgan fingerprint density at radius 1 is 1.50 bits per heavy atom. The lowest BCUT2D eigenvalue weighted by atomic mass is 9.92. The first-order valence-electron chi connectivity index (χ1n) is 4.85. The number of aliphatic hydroxyl groups is 1. The molecule has 2 N–H and O–H groups in total. The van der Waals surface area contributed by atoms with Gasteiger partial charge in [-0.1, -0.05) is 6.42 Å². The second kappa shape index (κ2) is 4.41. The third kappa shape index (κ3) is 3.14. The summed E-state index contributed by atoms with van der Waals surface area (Å²) in [6.45, 7) is 2.02. The molecule has 14 heavy (non-hydrogen) atoms. The minimum Gasteiger partial charge on any atom is -0.383 e. The summed E-state index contributed by atoms with van der Waals surface area (Å²) in [5.41, 5.74) is -1.98. The van der Waals surface area contributed by atoms with Gasteiger partial charge in [0.25, 0.3) is 0 Å². The summed E-state index contributed by atoms with van der Waals surface area (Å²) in [4.78, 5) is -3.22. The highest BCUT2D eigenvalue weighted by Crippen LogP contribution is 2.38. The van der Waals surface area contributed by atoms with E-state index >= 15 is 0 Å². The standard InChI is InChI=1S/C9H16BrF2NO/c1-8(14,9(10,11)12)6-7-4-2-3-5-13-7/h7,13-14H,2-6H2,1H3. The summed E-state index contributed by atoms with van der Waals surface area (Å²) in [6, 6.07) is 0.00201. The van der Waals surface area contributed by atoms with Crippen molar-refractivity contribution < 1.29 is 13.9 Å². The monoisotopic (exact) mass is 271 g/mol. The molecule has 1 fully saturated rings. The van der Waals surface area contributed by atoms with Crippen LogP contribution >= 0.6 is 15.9 Å². The van der Waals surface area contributed by atoms with Gasteiger partial charge in [0.2, 0.25) is 0 Å². The molecule has 2 nitrogen and oxygen atoms in total. The van der Waals surface area contributed by atoms with E-state index in [2.05, 4.69) is 21.2 Å². The lowest BCUT2D eigenvalue weighted by Gasteiger charge is -2.34. The Balaban J connectivity index is 2.49.